The number of unbranched alkanes of at least 4 members (excludes halogenated alkanes) is 1. The molecule has 0 aliphatic rings. The first-order valence-corrected chi connectivity index (χ1v) is 6.43. The van der Waals surface area contributed by atoms with Gasteiger partial charge in [-0.05, 0) is 24.6 Å². The summed E-state index contributed by atoms with van der Waals surface area (Å²) in [4.78, 5) is 24.9. The minimum Gasteiger partial charge on any atom is -0.344 e. The molecule has 0 aliphatic carbocycles. The molecule has 1 rings (SSSR count). The van der Waals surface area contributed by atoms with Crippen molar-refractivity contribution in [3.8, 4) is 0 Å². The molecule has 0 fully saturated rings. The average Bonchev–Trinajstić information content (AvgIpc) is 2.44. The third-order valence-corrected chi connectivity index (χ3v) is 2.85. The predicted molar refractivity (Wildman–Crippen MR) is 71.2 cm³/mol. The van der Waals surface area contributed by atoms with Crippen molar-refractivity contribution in [2.24, 2.45) is 0 Å². The van der Waals surface area contributed by atoms with E-state index in [2.05, 4.69) is 5.32 Å². The third kappa shape index (κ3) is 4.60. The van der Waals surface area contributed by atoms with Crippen molar-refractivity contribution in [2.75, 3.05) is 20.1 Å². The average molecular weight is 284 g/mol. The monoisotopic (exact) mass is 284 g/mol. The van der Waals surface area contributed by atoms with Gasteiger partial charge in [-0.2, -0.15) is 0 Å². The number of nitrogens with zero attached hydrogens (tertiary/aromatic N) is 1. The van der Waals surface area contributed by atoms with Crippen molar-refractivity contribution in [3.63, 3.8) is 0 Å². The maximum atomic E-state index is 13.0. The molecule has 0 heterocycles. The van der Waals surface area contributed by atoms with Crippen molar-refractivity contribution >= 4 is 11.8 Å². The SMILES string of the molecule is CCCCN(C)C(=O)CNC(=O)c1ccc(F)c(F)c1. The highest BCUT2D eigenvalue weighted by molar-refractivity contribution is 5.96. The number of amides is 2. The van der Waals surface area contributed by atoms with E-state index in [1.807, 2.05) is 6.92 Å². The molecule has 6 heteroatoms. The van der Waals surface area contributed by atoms with Crippen molar-refractivity contribution in [1.29, 1.82) is 0 Å². The smallest absolute Gasteiger partial charge is 0.251 e. The Bertz CT molecular complexity index is 492. The van der Waals surface area contributed by atoms with Crippen LogP contribution in [0.1, 0.15) is 30.1 Å². The van der Waals surface area contributed by atoms with E-state index < -0.39 is 17.5 Å². The molecule has 0 spiro atoms. The summed E-state index contributed by atoms with van der Waals surface area (Å²) in [6, 6.07) is 2.84. The first-order chi connectivity index (χ1) is 9.45. The van der Waals surface area contributed by atoms with Gasteiger partial charge in [0.15, 0.2) is 11.6 Å². The lowest BCUT2D eigenvalue weighted by Crippen LogP contribution is -2.38. The van der Waals surface area contributed by atoms with Crippen LogP contribution < -0.4 is 5.32 Å². The number of carbonyl (C=O) groups is 2. The third-order valence-electron chi connectivity index (χ3n) is 2.85. The molecule has 2 amide bonds. The summed E-state index contributed by atoms with van der Waals surface area (Å²) < 4.78 is 25.7. The van der Waals surface area contributed by atoms with Crippen LogP contribution in [0.2, 0.25) is 0 Å². The number of likely N-dealkylation sites (N-methyl/N-ethyl adjacent to an activating group) is 1. The van der Waals surface area contributed by atoms with E-state index in [9.17, 15) is 18.4 Å². The van der Waals surface area contributed by atoms with Gasteiger partial charge < -0.3 is 10.2 Å². The lowest BCUT2D eigenvalue weighted by atomic mass is 10.2. The van der Waals surface area contributed by atoms with E-state index in [1.54, 1.807) is 7.05 Å². The van der Waals surface area contributed by atoms with Crippen LogP contribution in [0.25, 0.3) is 0 Å². The topological polar surface area (TPSA) is 49.4 Å². The molecular formula is C14H18F2N2O2. The second-order valence-electron chi connectivity index (χ2n) is 4.48. The fourth-order valence-corrected chi connectivity index (χ4v) is 1.55. The van der Waals surface area contributed by atoms with Gasteiger partial charge in [0.1, 0.15) is 0 Å². The molecule has 0 unspecified atom stereocenters. The minimum absolute atomic E-state index is 0.0205. The maximum Gasteiger partial charge on any atom is 0.251 e. The van der Waals surface area contributed by atoms with E-state index in [0.717, 1.165) is 25.0 Å². The van der Waals surface area contributed by atoms with E-state index in [1.165, 1.54) is 11.0 Å². The van der Waals surface area contributed by atoms with Gasteiger partial charge in [0.05, 0.1) is 6.54 Å². The van der Waals surface area contributed by atoms with Crippen LogP contribution in [0, 0.1) is 11.6 Å². The Hall–Kier alpha value is -1.98. The number of halogens is 2. The van der Waals surface area contributed by atoms with E-state index in [0.29, 0.717) is 6.54 Å². The van der Waals surface area contributed by atoms with Gasteiger partial charge in [-0.25, -0.2) is 8.78 Å². The molecule has 1 aromatic rings. The van der Waals surface area contributed by atoms with Crippen LogP contribution >= 0.6 is 0 Å². The van der Waals surface area contributed by atoms with E-state index >= 15 is 0 Å². The van der Waals surface area contributed by atoms with Gasteiger partial charge in [-0.1, -0.05) is 13.3 Å². The molecule has 0 saturated carbocycles. The van der Waals surface area contributed by atoms with Crippen LogP contribution in [0.15, 0.2) is 18.2 Å². The highest BCUT2D eigenvalue weighted by atomic mass is 19.2. The summed E-state index contributed by atoms with van der Waals surface area (Å²) in [5.74, 6) is -2.95. The van der Waals surface area contributed by atoms with Crippen molar-refractivity contribution in [1.82, 2.24) is 10.2 Å². The molecule has 20 heavy (non-hydrogen) atoms. The number of nitrogens with one attached hydrogen (secondary N) is 1. The summed E-state index contributed by atoms with van der Waals surface area (Å²) >= 11 is 0. The Balaban J connectivity index is 2.50. The molecule has 0 radical (unpaired) electrons. The Labute approximate surface area is 116 Å². The van der Waals surface area contributed by atoms with Crippen LogP contribution in [0.4, 0.5) is 8.78 Å². The van der Waals surface area contributed by atoms with Crippen LogP contribution in [-0.2, 0) is 4.79 Å². The Morgan fingerprint density at radius 3 is 2.55 bits per heavy atom. The van der Waals surface area contributed by atoms with Crippen LogP contribution in [-0.4, -0.2) is 36.9 Å². The summed E-state index contributed by atoms with van der Waals surface area (Å²) in [6.07, 6.45) is 1.86. The van der Waals surface area contributed by atoms with E-state index in [4.69, 9.17) is 0 Å². The van der Waals surface area contributed by atoms with Gasteiger partial charge in [0.2, 0.25) is 5.91 Å². The van der Waals surface area contributed by atoms with E-state index in [-0.39, 0.29) is 18.0 Å². The standard InChI is InChI=1S/C14H18F2N2O2/c1-3-4-7-18(2)13(19)9-17-14(20)10-5-6-11(15)12(16)8-10/h5-6,8H,3-4,7,9H2,1-2H3,(H,17,20). The molecule has 1 aromatic carbocycles. The second-order valence-corrected chi connectivity index (χ2v) is 4.48. The predicted octanol–water partition coefficient (Wildman–Crippen LogP) is 1.95. The molecule has 0 aliphatic heterocycles. The fraction of sp³-hybridized carbons (Fsp3) is 0.429. The zero-order valence-corrected chi connectivity index (χ0v) is 11.6. The zero-order chi connectivity index (χ0) is 15.1. The first-order valence-electron chi connectivity index (χ1n) is 6.43. The van der Waals surface area contributed by atoms with Crippen LogP contribution in [0.3, 0.4) is 0 Å². The lowest BCUT2D eigenvalue weighted by molar-refractivity contribution is -0.128. The van der Waals surface area contributed by atoms with Crippen LogP contribution in [0.5, 0.6) is 0 Å². The Morgan fingerprint density at radius 2 is 1.95 bits per heavy atom. The maximum absolute atomic E-state index is 13.0. The largest absolute Gasteiger partial charge is 0.344 e. The molecular weight excluding hydrogens is 266 g/mol. The normalized spacial score (nSPS) is 10.2. The Kier molecular flexibility index (Phi) is 6.09. The summed E-state index contributed by atoms with van der Waals surface area (Å²) in [7, 11) is 1.65. The number of hydrogen-bond donors (Lipinski definition) is 1. The van der Waals surface area contributed by atoms with Crippen molar-refractivity contribution in [2.45, 2.75) is 19.8 Å². The summed E-state index contributed by atoms with van der Waals surface area (Å²) in [5, 5.41) is 2.38. The summed E-state index contributed by atoms with van der Waals surface area (Å²) in [6.45, 7) is 2.47. The number of hydrogen-bond acceptors (Lipinski definition) is 2. The fourth-order valence-electron chi connectivity index (χ4n) is 1.55. The molecule has 1 N–H and O–H groups in total. The molecule has 0 atom stereocenters. The van der Waals surface area contributed by atoms with Gasteiger partial charge in [-0.3, -0.25) is 9.59 Å². The van der Waals surface area contributed by atoms with Gasteiger partial charge in [0.25, 0.3) is 5.91 Å². The van der Waals surface area contributed by atoms with Crippen molar-refractivity contribution in [3.05, 3.63) is 35.4 Å². The molecule has 110 valence electrons. The summed E-state index contributed by atoms with van der Waals surface area (Å²) in [5.41, 5.74) is -0.0205. The molecule has 0 saturated heterocycles. The van der Waals surface area contributed by atoms with Crippen molar-refractivity contribution < 1.29 is 18.4 Å². The molecule has 4 nitrogen and oxygen atoms in total. The first kappa shape index (κ1) is 16.1. The number of benzene rings is 1. The highest BCUT2D eigenvalue weighted by Gasteiger charge is 2.13. The minimum atomic E-state index is -1.09. The number of carbonyl (C=O) groups excluding carboxylic acids is 2. The molecule has 0 bridgehead atoms. The Morgan fingerprint density at radius 1 is 1.25 bits per heavy atom. The quantitative estimate of drug-likeness (QED) is 0.868. The van der Waals surface area contributed by atoms with Gasteiger partial charge >= 0.3 is 0 Å². The lowest BCUT2D eigenvalue weighted by Gasteiger charge is -2.16. The molecule has 0 aromatic heterocycles. The highest BCUT2D eigenvalue weighted by Crippen LogP contribution is 2.08. The second kappa shape index (κ2) is 7.57. The van der Waals surface area contributed by atoms with Gasteiger partial charge in [-0.15, -0.1) is 0 Å². The number of rotatable bonds is 6. The van der Waals surface area contributed by atoms with Gasteiger partial charge in [0, 0.05) is 19.2 Å². The zero-order valence-electron chi connectivity index (χ0n) is 11.6.